The number of rotatable bonds is 3. The minimum atomic E-state index is -0.465. The Morgan fingerprint density at radius 1 is 1.20 bits per heavy atom. The molecule has 0 unspecified atom stereocenters. The van der Waals surface area contributed by atoms with Crippen molar-refractivity contribution in [1.82, 2.24) is 19.7 Å². The van der Waals surface area contributed by atoms with Crippen molar-refractivity contribution >= 4 is 10.9 Å². The zero-order chi connectivity index (χ0) is 17.4. The van der Waals surface area contributed by atoms with Gasteiger partial charge in [-0.15, -0.1) is 0 Å². The van der Waals surface area contributed by atoms with Crippen LogP contribution >= 0.6 is 0 Å². The number of aromatic nitrogens is 4. The summed E-state index contributed by atoms with van der Waals surface area (Å²) in [6.07, 6.45) is 4.90. The van der Waals surface area contributed by atoms with Crippen LogP contribution in [-0.2, 0) is 6.54 Å². The fourth-order valence-corrected chi connectivity index (χ4v) is 2.73. The quantitative estimate of drug-likeness (QED) is 0.574. The maximum atomic E-state index is 13.6. The van der Waals surface area contributed by atoms with E-state index < -0.39 is 5.82 Å². The lowest BCUT2D eigenvalue weighted by Gasteiger charge is -2.09. The Hall–Kier alpha value is -3.35. The summed E-state index contributed by atoms with van der Waals surface area (Å²) in [5, 5.41) is 4.20. The van der Waals surface area contributed by atoms with Gasteiger partial charge in [0.25, 0.3) is 5.89 Å². The zero-order valence-corrected chi connectivity index (χ0v) is 13.3. The van der Waals surface area contributed by atoms with Gasteiger partial charge < -0.3 is 9.09 Å². The second kappa shape index (κ2) is 5.94. The number of fused-ring (bicyclic) bond motifs is 1. The van der Waals surface area contributed by atoms with E-state index in [2.05, 4.69) is 15.1 Å². The molecule has 0 spiro atoms. The molecule has 4 rings (SSSR count). The van der Waals surface area contributed by atoms with Crippen molar-refractivity contribution in [3.05, 3.63) is 65.0 Å². The molecule has 124 valence electrons. The highest BCUT2D eigenvalue weighted by Crippen LogP contribution is 2.22. The molecule has 0 atom stereocenters. The van der Waals surface area contributed by atoms with E-state index >= 15 is 0 Å². The molecule has 0 saturated carbocycles. The van der Waals surface area contributed by atoms with Gasteiger partial charge in [-0.2, -0.15) is 4.98 Å². The molecule has 25 heavy (non-hydrogen) atoms. The average molecular weight is 336 g/mol. The first-order valence-electron chi connectivity index (χ1n) is 7.74. The van der Waals surface area contributed by atoms with Crippen LogP contribution in [-0.4, -0.2) is 19.7 Å². The van der Waals surface area contributed by atoms with Gasteiger partial charge >= 0.3 is 0 Å². The number of hydrogen-bond donors (Lipinski definition) is 0. The first-order chi connectivity index (χ1) is 12.2. The molecule has 3 heterocycles. The van der Waals surface area contributed by atoms with Gasteiger partial charge in [-0.1, -0.05) is 5.16 Å². The molecule has 0 aliphatic carbocycles. The second-order valence-corrected chi connectivity index (χ2v) is 5.48. The van der Waals surface area contributed by atoms with E-state index in [0.717, 1.165) is 5.56 Å². The summed E-state index contributed by atoms with van der Waals surface area (Å²) in [5.41, 5.74) is 1.29. The molecule has 0 N–H and O–H groups in total. The molecule has 0 bridgehead atoms. The summed E-state index contributed by atoms with van der Waals surface area (Å²) in [6, 6.07) is 7.65. The number of benzene rings is 1. The molecule has 4 aromatic rings. The van der Waals surface area contributed by atoms with Gasteiger partial charge in [-0.05, 0) is 37.3 Å². The third kappa shape index (κ3) is 2.59. The molecular weight excluding hydrogens is 323 g/mol. The van der Waals surface area contributed by atoms with Crippen molar-refractivity contribution in [2.75, 3.05) is 0 Å². The molecule has 0 aliphatic rings. The topological polar surface area (TPSA) is 73.8 Å². The van der Waals surface area contributed by atoms with Gasteiger partial charge in [0, 0.05) is 36.1 Å². The van der Waals surface area contributed by atoms with Crippen LogP contribution in [0.25, 0.3) is 33.7 Å². The van der Waals surface area contributed by atoms with Gasteiger partial charge in [-0.3, -0.25) is 9.78 Å². The zero-order valence-electron chi connectivity index (χ0n) is 13.3. The van der Waals surface area contributed by atoms with E-state index in [0.29, 0.717) is 17.9 Å². The molecular formula is C18H13FN4O2. The first-order valence-corrected chi connectivity index (χ1v) is 7.74. The maximum Gasteiger partial charge on any atom is 0.263 e. The minimum absolute atomic E-state index is 0.102. The second-order valence-electron chi connectivity index (χ2n) is 5.48. The van der Waals surface area contributed by atoms with Crippen molar-refractivity contribution in [2.24, 2.45) is 0 Å². The summed E-state index contributed by atoms with van der Waals surface area (Å²) < 4.78 is 20.7. The van der Waals surface area contributed by atoms with Crippen LogP contribution in [0.1, 0.15) is 6.92 Å². The van der Waals surface area contributed by atoms with E-state index in [9.17, 15) is 9.18 Å². The van der Waals surface area contributed by atoms with E-state index in [1.807, 2.05) is 11.5 Å². The number of nitrogens with zero attached hydrogens (tertiary/aromatic N) is 4. The Bertz CT molecular complexity index is 1120. The van der Waals surface area contributed by atoms with Gasteiger partial charge in [0.05, 0.1) is 5.52 Å². The smallest absolute Gasteiger partial charge is 0.263 e. The molecule has 0 radical (unpaired) electrons. The molecule has 0 fully saturated rings. The van der Waals surface area contributed by atoms with E-state index in [4.69, 9.17) is 4.52 Å². The SMILES string of the molecule is CCn1cc(-c2nc(-c3ccncc3)no2)c(=O)c2cc(F)ccc21. The van der Waals surface area contributed by atoms with Crippen LogP contribution in [0, 0.1) is 5.82 Å². The summed E-state index contributed by atoms with van der Waals surface area (Å²) >= 11 is 0. The lowest BCUT2D eigenvalue weighted by Crippen LogP contribution is -2.12. The number of halogens is 1. The van der Waals surface area contributed by atoms with Crippen molar-refractivity contribution in [1.29, 1.82) is 0 Å². The standard InChI is InChI=1S/C18H13FN4O2/c1-2-23-10-14(16(24)13-9-12(19)3-4-15(13)23)18-21-17(22-25-18)11-5-7-20-8-6-11/h3-10H,2H2,1H3. The first kappa shape index (κ1) is 15.2. The van der Waals surface area contributed by atoms with Crippen LogP contribution in [0.2, 0.25) is 0 Å². The lowest BCUT2D eigenvalue weighted by molar-refractivity contribution is 0.431. The molecule has 0 aliphatic heterocycles. The van der Waals surface area contributed by atoms with Crippen LogP contribution in [0.4, 0.5) is 4.39 Å². The number of pyridine rings is 2. The van der Waals surface area contributed by atoms with E-state index in [1.165, 1.54) is 12.1 Å². The highest BCUT2D eigenvalue weighted by atomic mass is 19.1. The third-order valence-corrected chi connectivity index (χ3v) is 3.98. The molecule has 7 heteroatoms. The monoisotopic (exact) mass is 336 g/mol. The average Bonchev–Trinajstić information content (AvgIpc) is 3.13. The van der Waals surface area contributed by atoms with Crippen LogP contribution in [0.5, 0.6) is 0 Å². The molecule has 0 amide bonds. The minimum Gasteiger partial charge on any atom is -0.347 e. The number of aryl methyl sites for hydroxylation is 1. The summed E-state index contributed by atoms with van der Waals surface area (Å²) in [6.45, 7) is 2.55. The van der Waals surface area contributed by atoms with Crippen molar-refractivity contribution in [3.8, 4) is 22.8 Å². The Balaban J connectivity index is 1.91. The van der Waals surface area contributed by atoms with E-state index in [1.54, 1.807) is 36.8 Å². The van der Waals surface area contributed by atoms with Crippen LogP contribution < -0.4 is 5.43 Å². The van der Waals surface area contributed by atoms with E-state index in [-0.39, 0.29) is 22.3 Å². The molecule has 6 nitrogen and oxygen atoms in total. The Labute approximate surface area is 141 Å². The molecule has 3 aromatic heterocycles. The largest absolute Gasteiger partial charge is 0.347 e. The van der Waals surface area contributed by atoms with Gasteiger partial charge in [0.2, 0.25) is 11.3 Å². The van der Waals surface area contributed by atoms with Crippen molar-refractivity contribution < 1.29 is 8.91 Å². The van der Waals surface area contributed by atoms with Gasteiger partial charge in [-0.25, -0.2) is 4.39 Å². The fourth-order valence-electron chi connectivity index (χ4n) is 2.73. The van der Waals surface area contributed by atoms with Gasteiger partial charge in [0.15, 0.2) is 0 Å². The predicted octanol–water partition coefficient (Wildman–Crippen LogP) is 3.27. The molecule has 0 saturated heterocycles. The van der Waals surface area contributed by atoms with Crippen LogP contribution in [0.15, 0.2) is 58.2 Å². The Kier molecular flexibility index (Phi) is 3.61. The van der Waals surface area contributed by atoms with Crippen molar-refractivity contribution in [2.45, 2.75) is 13.5 Å². The third-order valence-electron chi connectivity index (χ3n) is 3.98. The number of hydrogen-bond acceptors (Lipinski definition) is 5. The lowest BCUT2D eigenvalue weighted by atomic mass is 10.1. The normalized spacial score (nSPS) is 11.1. The summed E-state index contributed by atoms with van der Waals surface area (Å²) in [4.78, 5) is 21.0. The highest BCUT2D eigenvalue weighted by Gasteiger charge is 2.17. The Morgan fingerprint density at radius 3 is 2.76 bits per heavy atom. The fraction of sp³-hybridized carbons (Fsp3) is 0.111. The Morgan fingerprint density at radius 2 is 2.00 bits per heavy atom. The van der Waals surface area contributed by atoms with Gasteiger partial charge in [0.1, 0.15) is 11.4 Å². The maximum absolute atomic E-state index is 13.6. The predicted molar refractivity (Wildman–Crippen MR) is 90.4 cm³/mol. The highest BCUT2D eigenvalue weighted by molar-refractivity contribution is 5.83. The molecule has 1 aromatic carbocycles. The summed E-state index contributed by atoms with van der Waals surface area (Å²) in [5.74, 6) is -0.00299. The summed E-state index contributed by atoms with van der Waals surface area (Å²) in [7, 11) is 0. The van der Waals surface area contributed by atoms with Crippen LogP contribution in [0.3, 0.4) is 0 Å². The van der Waals surface area contributed by atoms with Crippen molar-refractivity contribution in [3.63, 3.8) is 0 Å².